The molecule has 0 fully saturated rings. The summed E-state index contributed by atoms with van der Waals surface area (Å²) in [5.41, 5.74) is 2.62. The van der Waals surface area contributed by atoms with Crippen LogP contribution in [0.2, 0.25) is 0 Å². The highest BCUT2D eigenvalue weighted by molar-refractivity contribution is 7.99. The number of aromatic nitrogens is 4. The summed E-state index contributed by atoms with van der Waals surface area (Å²) in [5, 5.41) is 10.7. The van der Waals surface area contributed by atoms with Crippen molar-refractivity contribution < 1.29 is 14.0 Å². The van der Waals surface area contributed by atoms with Crippen molar-refractivity contribution in [2.45, 2.75) is 29.8 Å². The third-order valence-corrected chi connectivity index (χ3v) is 6.29. The van der Waals surface area contributed by atoms with Crippen molar-refractivity contribution in [1.82, 2.24) is 25.1 Å². The molecule has 1 aliphatic rings. The van der Waals surface area contributed by atoms with Crippen molar-refractivity contribution in [3.63, 3.8) is 0 Å². The van der Waals surface area contributed by atoms with E-state index in [0.717, 1.165) is 28.3 Å². The van der Waals surface area contributed by atoms with Gasteiger partial charge in [-0.3, -0.25) is 9.59 Å². The van der Waals surface area contributed by atoms with Crippen molar-refractivity contribution >= 4 is 41.2 Å². The minimum absolute atomic E-state index is 0.0244. The predicted octanol–water partition coefficient (Wildman–Crippen LogP) is 2.61. The average Bonchev–Trinajstić information content (AvgIpc) is 3.35. The number of carbonyl (C=O) groups excluding carboxylic acids is 2. The molecule has 3 heterocycles. The summed E-state index contributed by atoms with van der Waals surface area (Å²) in [4.78, 5) is 33.1. The minimum atomic E-state index is -0.323. The van der Waals surface area contributed by atoms with E-state index >= 15 is 0 Å². The summed E-state index contributed by atoms with van der Waals surface area (Å²) in [6.07, 6.45) is 3.24. The van der Waals surface area contributed by atoms with E-state index < -0.39 is 0 Å². The molecule has 0 unspecified atom stereocenters. The summed E-state index contributed by atoms with van der Waals surface area (Å²) in [7, 11) is 0. The number of amides is 2. The molecule has 2 N–H and O–H groups in total. The van der Waals surface area contributed by atoms with Crippen LogP contribution in [0, 0.1) is 5.82 Å². The topological polar surface area (TPSA) is 102 Å². The molecule has 160 valence electrons. The molecule has 0 radical (unpaired) electrons. The smallest absolute Gasteiger partial charge is 0.242 e. The fraction of sp³-hybridized carbons (Fsp3) is 0.250. The summed E-state index contributed by atoms with van der Waals surface area (Å²) < 4.78 is 14.5. The maximum atomic E-state index is 13.0. The molecule has 0 spiro atoms. The molecule has 3 aromatic rings. The lowest BCUT2D eigenvalue weighted by atomic mass is 10.2. The molecule has 4 rings (SSSR count). The van der Waals surface area contributed by atoms with Crippen LogP contribution in [0.5, 0.6) is 0 Å². The number of rotatable bonds is 8. The van der Waals surface area contributed by atoms with Crippen molar-refractivity contribution in [3.8, 4) is 0 Å². The fourth-order valence-electron chi connectivity index (χ4n) is 2.97. The fourth-order valence-corrected chi connectivity index (χ4v) is 4.61. The quantitative estimate of drug-likeness (QED) is 0.395. The molecule has 0 atom stereocenters. The molecule has 2 amide bonds. The van der Waals surface area contributed by atoms with Gasteiger partial charge in [0.2, 0.25) is 11.8 Å². The van der Waals surface area contributed by atoms with E-state index in [1.54, 1.807) is 42.4 Å². The second-order valence-electron chi connectivity index (χ2n) is 6.70. The number of nitrogens with one attached hydrogen (secondary N) is 2. The number of anilines is 1. The first kappa shape index (κ1) is 21.3. The molecular weight excluding hydrogens is 439 g/mol. The number of thioether (sulfide) groups is 2. The van der Waals surface area contributed by atoms with Gasteiger partial charge in [-0.05, 0) is 23.8 Å². The molecule has 1 aromatic carbocycles. The monoisotopic (exact) mass is 458 g/mol. The molecule has 0 bridgehead atoms. The SMILES string of the molecule is O=C(Cn1nc2c(c1NC(=O)CSc1ncccn1)CSC2)NCc1ccc(F)cc1. The molecule has 11 heteroatoms. The van der Waals surface area contributed by atoms with Crippen LogP contribution in [0.4, 0.5) is 10.2 Å². The van der Waals surface area contributed by atoms with Gasteiger partial charge in [-0.25, -0.2) is 19.0 Å². The Morgan fingerprint density at radius 2 is 1.90 bits per heavy atom. The lowest BCUT2D eigenvalue weighted by Crippen LogP contribution is -2.29. The van der Waals surface area contributed by atoms with Gasteiger partial charge in [0.1, 0.15) is 18.2 Å². The number of benzene rings is 1. The van der Waals surface area contributed by atoms with E-state index in [1.807, 2.05) is 0 Å². The predicted molar refractivity (Wildman–Crippen MR) is 117 cm³/mol. The van der Waals surface area contributed by atoms with Crippen LogP contribution in [0.1, 0.15) is 16.8 Å². The number of halogens is 1. The average molecular weight is 459 g/mol. The lowest BCUT2D eigenvalue weighted by molar-refractivity contribution is -0.122. The van der Waals surface area contributed by atoms with Crippen LogP contribution >= 0.6 is 23.5 Å². The molecular formula is C20H19FN6O2S2. The first-order valence-electron chi connectivity index (χ1n) is 9.45. The van der Waals surface area contributed by atoms with Gasteiger partial charge in [0.15, 0.2) is 5.16 Å². The maximum Gasteiger partial charge on any atom is 0.242 e. The standard InChI is InChI=1S/C20H19FN6O2S2/c21-14-4-2-13(3-5-14)8-24-17(28)9-27-19(15-10-30-11-16(15)26-27)25-18(29)12-31-20-22-6-1-7-23-20/h1-7H,8-12H2,(H,24,28)(H,25,29). The van der Waals surface area contributed by atoms with Crippen molar-refractivity contribution in [3.05, 3.63) is 65.4 Å². The van der Waals surface area contributed by atoms with Crippen LogP contribution in [0.15, 0.2) is 47.9 Å². The number of carbonyl (C=O) groups is 2. The summed E-state index contributed by atoms with van der Waals surface area (Å²) in [5.74, 6) is 1.39. The van der Waals surface area contributed by atoms with Crippen LogP contribution in [0.25, 0.3) is 0 Å². The Bertz CT molecular complexity index is 1080. The first-order chi connectivity index (χ1) is 15.1. The third-order valence-electron chi connectivity index (χ3n) is 4.45. The Morgan fingerprint density at radius 3 is 2.68 bits per heavy atom. The highest BCUT2D eigenvalue weighted by atomic mass is 32.2. The lowest BCUT2D eigenvalue weighted by Gasteiger charge is -2.11. The number of nitrogens with zero attached hydrogens (tertiary/aromatic N) is 4. The Labute approximate surface area is 186 Å². The van der Waals surface area contributed by atoms with E-state index in [9.17, 15) is 14.0 Å². The Morgan fingerprint density at radius 1 is 1.13 bits per heavy atom. The van der Waals surface area contributed by atoms with Crippen molar-refractivity contribution in [1.29, 1.82) is 0 Å². The number of hydrogen-bond acceptors (Lipinski definition) is 7. The zero-order valence-corrected chi connectivity index (χ0v) is 18.0. The summed E-state index contributed by atoms with van der Waals surface area (Å²) >= 11 is 2.95. The van der Waals surface area contributed by atoms with Gasteiger partial charge >= 0.3 is 0 Å². The van der Waals surface area contributed by atoms with Gasteiger partial charge in [0, 0.05) is 36.0 Å². The highest BCUT2D eigenvalue weighted by Gasteiger charge is 2.25. The molecule has 1 aliphatic heterocycles. The van der Waals surface area contributed by atoms with E-state index in [2.05, 4.69) is 25.7 Å². The summed E-state index contributed by atoms with van der Waals surface area (Å²) in [6, 6.07) is 7.65. The zero-order chi connectivity index (χ0) is 21.6. The number of fused-ring (bicyclic) bond motifs is 1. The Hall–Kier alpha value is -2.92. The van der Waals surface area contributed by atoms with Gasteiger partial charge in [0.05, 0.1) is 11.4 Å². The van der Waals surface area contributed by atoms with E-state index in [1.165, 1.54) is 28.6 Å². The van der Waals surface area contributed by atoms with Crippen molar-refractivity contribution in [2.75, 3.05) is 11.1 Å². The third kappa shape index (κ3) is 5.61. The highest BCUT2D eigenvalue weighted by Crippen LogP contribution is 2.34. The maximum absolute atomic E-state index is 13.0. The summed E-state index contributed by atoms with van der Waals surface area (Å²) in [6.45, 7) is 0.259. The Kier molecular flexibility index (Phi) is 6.82. The molecule has 2 aromatic heterocycles. The molecule has 0 saturated heterocycles. The van der Waals surface area contributed by atoms with Gasteiger partial charge in [-0.15, -0.1) is 0 Å². The van der Waals surface area contributed by atoms with Crippen LogP contribution in [-0.4, -0.2) is 37.3 Å². The largest absolute Gasteiger partial charge is 0.350 e. The molecule has 8 nitrogen and oxygen atoms in total. The zero-order valence-electron chi connectivity index (χ0n) is 16.4. The normalized spacial score (nSPS) is 12.4. The Balaban J connectivity index is 1.38. The van der Waals surface area contributed by atoms with E-state index in [0.29, 0.717) is 11.0 Å². The van der Waals surface area contributed by atoms with Gasteiger partial charge < -0.3 is 10.6 Å². The van der Waals surface area contributed by atoms with E-state index in [-0.39, 0.29) is 36.5 Å². The molecule has 0 saturated carbocycles. The second kappa shape index (κ2) is 9.92. The minimum Gasteiger partial charge on any atom is -0.350 e. The van der Waals surface area contributed by atoms with Crippen LogP contribution in [-0.2, 0) is 34.2 Å². The van der Waals surface area contributed by atoms with Crippen LogP contribution in [0.3, 0.4) is 0 Å². The number of hydrogen-bond donors (Lipinski definition) is 2. The van der Waals surface area contributed by atoms with Gasteiger partial charge in [0.25, 0.3) is 0 Å². The van der Waals surface area contributed by atoms with Gasteiger partial charge in [-0.1, -0.05) is 23.9 Å². The van der Waals surface area contributed by atoms with E-state index in [4.69, 9.17) is 0 Å². The van der Waals surface area contributed by atoms with Crippen LogP contribution < -0.4 is 10.6 Å². The van der Waals surface area contributed by atoms with Gasteiger partial charge in [-0.2, -0.15) is 16.9 Å². The molecule has 31 heavy (non-hydrogen) atoms. The van der Waals surface area contributed by atoms with Crippen molar-refractivity contribution in [2.24, 2.45) is 0 Å². The first-order valence-corrected chi connectivity index (χ1v) is 11.6. The molecule has 0 aliphatic carbocycles. The second-order valence-corrected chi connectivity index (χ2v) is 8.62.